The first-order valence-corrected chi connectivity index (χ1v) is 5.14. The van der Waals surface area contributed by atoms with Crippen LogP contribution in [0.2, 0.25) is 0 Å². The monoisotopic (exact) mass is 218 g/mol. The molecule has 0 radical (unpaired) electrons. The molecule has 0 unspecified atom stereocenters. The Labute approximate surface area is 93.8 Å². The van der Waals surface area contributed by atoms with Gasteiger partial charge in [0.2, 0.25) is 0 Å². The van der Waals surface area contributed by atoms with Gasteiger partial charge >= 0.3 is 5.97 Å². The Morgan fingerprint density at radius 3 is 2.69 bits per heavy atom. The first-order valence-electron chi connectivity index (χ1n) is 5.14. The Hall–Kier alpha value is -1.84. The molecule has 0 aliphatic heterocycles. The minimum Gasteiger partial charge on any atom is -0.318 e. The lowest BCUT2D eigenvalue weighted by atomic mass is 9.98. The molecule has 2 rings (SSSR count). The lowest BCUT2D eigenvalue weighted by Crippen LogP contribution is -2.31. The topological polar surface area (TPSA) is 44.1 Å². The molecule has 1 aromatic carbocycles. The average Bonchev–Trinajstić information content (AvgIpc) is 2.61. The SMILES string of the molecule is CC(C)(C)C(=O)On1ncc2ccccc21. The Morgan fingerprint density at radius 2 is 2.00 bits per heavy atom. The van der Waals surface area contributed by atoms with Gasteiger partial charge in [-0.2, -0.15) is 0 Å². The summed E-state index contributed by atoms with van der Waals surface area (Å²) in [6, 6.07) is 7.58. The molecule has 0 saturated heterocycles. The zero-order valence-corrected chi connectivity index (χ0v) is 9.60. The highest BCUT2D eigenvalue weighted by Crippen LogP contribution is 2.16. The molecule has 2 aromatic rings. The smallest absolute Gasteiger partial charge is 0.318 e. The number of hydrogen-bond acceptors (Lipinski definition) is 3. The van der Waals surface area contributed by atoms with Crippen LogP contribution in [0.4, 0.5) is 0 Å². The van der Waals surface area contributed by atoms with Gasteiger partial charge < -0.3 is 4.84 Å². The maximum absolute atomic E-state index is 11.7. The van der Waals surface area contributed by atoms with Crippen LogP contribution in [0, 0.1) is 5.41 Å². The van der Waals surface area contributed by atoms with Crippen molar-refractivity contribution in [2.75, 3.05) is 0 Å². The van der Waals surface area contributed by atoms with Gasteiger partial charge in [-0.15, -0.1) is 5.10 Å². The summed E-state index contributed by atoms with van der Waals surface area (Å²) in [6.45, 7) is 5.42. The van der Waals surface area contributed by atoms with Gasteiger partial charge in [0.25, 0.3) is 0 Å². The molecule has 0 spiro atoms. The van der Waals surface area contributed by atoms with Crippen molar-refractivity contribution in [1.82, 2.24) is 9.94 Å². The van der Waals surface area contributed by atoms with Crippen molar-refractivity contribution >= 4 is 16.9 Å². The summed E-state index contributed by atoms with van der Waals surface area (Å²) in [7, 11) is 0. The lowest BCUT2D eigenvalue weighted by Gasteiger charge is -2.15. The van der Waals surface area contributed by atoms with Crippen LogP contribution in [-0.4, -0.2) is 15.9 Å². The minimum atomic E-state index is -0.535. The van der Waals surface area contributed by atoms with Crippen molar-refractivity contribution in [3.63, 3.8) is 0 Å². The summed E-state index contributed by atoms with van der Waals surface area (Å²) < 4.78 is 0. The summed E-state index contributed by atoms with van der Waals surface area (Å²) in [5.74, 6) is -0.304. The Kier molecular flexibility index (Phi) is 2.42. The van der Waals surface area contributed by atoms with Gasteiger partial charge in [-0.3, -0.25) is 0 Å². The number of hydrogen-bond donors (Lipinski definition) is 0. The Morgan fingerprint density at radius 1 is 1.31 bits per heavy atom. The summed E-state index contributed by atoms with van der Waals surface area (Å²) in [4.78, 5) is 18.2. The molecule has 0 fully saturated rings. The Bertz CT molecular complexity index is 523. The average molecular weight is 218 g/mol. The number of fused-ring (bicyclic) bond motifs is 1. The summed E-state index contributed by atoms with van der Waals surface area (Å²) in [5, 5.41) is 4.97. The summed E-state index contributed by atoms with van der Waals surface area (Å²) in [5.41, 5.74) is 0.257. The third-order valence-electron chi connectivity index (χ3n) is 2.23. The number of carbonyl (C=O) groups is 1. The van der Waals surface area contributed by atoms with Crippen LogP contribution in [0.25, 0.3) is 10.9 Å². The Balaban J connectivity index is 2.32. The number of benzene rings is 1. The van der Waals surface area contributed by atoms with E-state index in [1.165, 1.54) is 4.85 Å². The largest absolute Gasteiger partial charge is 0.340 e. The van der Waals surface area contributed by atoms with E-state index in [-0.39, 0.29) is 5.97 Å². The molecule has 0 aliphatic rings. The van der Waals surface area contributed by atoms with Crippen LogP contribution in [-0.2, 0) is 4.79 Å². The van der Waals surface area contributed by atoms with E-state index in [1.807, 2.05) is 24.3 Å². The zero-order chi connectivity index (χ0) is 11.8. The van der Waals surface area contributed by atoms with Gasteiger partial charge in [-0.05, 0) is 26.8 Å². The lowest BCUT2D eigenvalue weighted by molar-refractivity contribution is -0.154. The molecule has 0 aliphatic carbocycles. The van der Waals surface area contributed by atoms with E-state index < -0.39 is 5.41 Å². The van der Waals surface area contributed by atoms with E-state index in [9.17, 15) is 4.79 Å². The first-order chi connectivity index (χ1) is 7.48. The third kappa shape index (κ3) is 1.91. The fraction of sp³-hybridized carbons (Fsp3) is 0.333. The van der Waals surface area contributed by atoms with Crippen molar-refractivity contribution < 1.29 is 9.63 Å². The van der Waals surface area contributed by atoms with Crippen LogP contribution in [0.15, 0.2) is 30.5 Å². The second-order valence-corrected chi connectivity index (χ2v) is 4.71. The van der Waals surface area contributed by atoms with Crippen LogP contribution in [0.5, 0.6) is 0 Å². The summed E-state index contributed by atoms with van der Waals surface area (Å²) >= 11 is 0. The highest BCUT2D eigenvalue weighted by molar-refractivity contribution is 5.80. The molecule has 84 valence electrons. The first kappa shape index (κ1) is 10.7. The minimum absolute atomic E-state index is 0.304. The molecular formula is C12H14N2O2. The fourth-order valence-electron chi connectivity index (χ4n) is 1.24. The molecule has 1 heterocycles. The van der Waals surface area contributed by atoms with E-state index >= 15 is 0 Å². The van der Waals surface area contributed by atoms with Crippen LogP contribution < -0.4 is 4.84 Å². The predicted molar refractivity (Wildman–Crippen MR) is 60.8 cm³/mol. The van der Waals surface area contributed by atoms with Crippen molar-refractivity contribution in [2.45, 2.75) is 20.8 Å². The number of aromatic nitrogens is 2. The van der Waals surface area contributed by atoms with Gasteiger partial charge in [0.15, 0.2) is 0 Å². The highest BCUT2D eigenvalue weighted by atomic mass is 16.7. The number of nitrogens with zero attached hydrogens (tertiary/aromatic N) is 2. The molecule has 0 N–H and O–H groups in total. The van der Waals surface area contributed by atoms with E-state index in [2.05, 4.69) is 5.10 Å². The molecule has 4 nitrogen and oxygen atoms in total. The highest BCUT2D eigenvalue weighted by Gasteiger charge is 2.24. The molecule has 1 aromatic heterocycles. The van der Waals surface area contributed by atoms with Crippen molar-refractivity contribution in [2.24, 2.45) is 5.41 Å². The van der Waals surface area contributed by atoms with Gasteiger partial charge in [-0.1, -0.05) is 23.0 Å². The second-order valence-electron chi connectivity index (χ2n) is 4.71. The maximum Gasteiger partial charge on any atom is 0.340 e. The van der Waals surface area contributed by atoms with Crippen molar-refractivity contribution in [3.8, 4) is 0 Å². The normalized spacial score (nSPS) is 11.7. The van der Waals surface area contributed by atoms with Gasteiger partial charge in [0.05, 0.1) is 11.6 Å². The standard InChI is InChI=1S/C12H14N2O2/c1-12(2,3)11(15)16-14-10-7-5-4-6-9(10)8-13-14/h4-8H,1-3H3. The van der Waals surface area contributed by atoms with Crippen LogP contribution in [0.1, 0.15) is 20.8 Å². The molecule has 0 bridgehead atoms. The quantitative estimate of drug-likeness (QED) is 0.735. The number of rotatable bonds is 1. The van der Waals surface area contributed by atoms with Crippen molar-refractivity contribution in [1.29, 1.82) is 0 Å². The summed E-state index contributed by atoms with van der Waals surface area (Å²) in [6.07, 6.45) is 1.67. The molecule has 4 heteroatoms. The molecule has 0 amide bonds. The van der Waals surface area contributed by atoms with E-state index in [0.717, 1.165) is 10.9 Å². The van der Waals surface area contributed by atoms with Gasteiger partial charge in [-0.25, -0.2) is 4.79 Å². The second kappa shape index (κ2) is 3.63. The van der Waals surface area contributed by atoms with E-state index in [0.29, 0.717) is 0 Å². The van der Waals surface area contributed by atoms with Crippen LogP contribution in [0.3, 0.4) is 0 Å². The molecule has 0 saturated carbocycles. The van der Waals surface area contributed by atoms with Gasteiger partial charge in [0.1, 0.15) is 5.52 Å². The predicted octanol–water partition coefficient (Wildman–Crippen LogP) is 2.04. The van der Waals surface area contributed by atoms with E-state index in [1.54, 1.807) is 27.0 Å². The number of para-hydroxylation sites is 1. The zero-order valence-electron chi connectivity index (χ0n) is 9.60. The van der Waals surface area contributed by atoms with Crippen molar-refractivity contribution in [3.05, 3.63) is 30.5 Å². The third-order valence-corrected chi connectivity index (χ3v) is 2.23. The van der Waals surface area contributed by atoms with Crippen LogP contribution >= 0.6 is 0 Å². The molecular weight excluding hydrogens is 204 g/mol. The molecule has 16 heavy (non-hydrogen) atoms. The fourth-order valence-corrected chi connectivity index (χ4v) is 1.24. The molecule has 0 atom stereocenters. The van der Waals surface area contributed by atoms with E-state index in [4.69, 9.17) is 4.84 Å². The van der Waals surface area contributed by atoms with Gasteiger partial charge in [0, 0.05) is 5.39 Å². The number of carbonyl (C=O) groups excluding carboxylic acids is 1. The maximum atomic E-state index is 11.7.